The standard InChI is InChI=1S/C23H19FN4/c1-16-11-19(17(2)28(16)21-9-7-20(24)8-10-21)12-18(13-25)14-27-15-26-22-5-3-4-6-23(22)27/h3-12,15H,14H2,1-2H3/b18-12-. The van der Waals surface area contributed by atoms with E-state index in [9.17, 15) is 9.65 Å². The van der Waals surface area contributed by atoms with Gasteiger partial charge in [-0.05, 0) is 68.0 Å². The third-order valence-electron chi connectivity index (χ3n) is 4.90. The molecule has 0 amide bonds. The summed E-state index contributed by atoms with van der Waals surface area (Å²) in [6.07, 6.45) is 3.68. The highest BCUT2D eigenvalue weighted by Gasteiger charge is 2.11. The van der Waals surface area contributed by atoms with E-state index < -0.39 is 0 Å². The lowest BCUT2D eigenvalue weighted by Gasteiger charge is -2.09. The molecule has 0 atom stereocenters. The topological polar surface area (TPSA) is 46.5 Å². The van der Waals surface area contributed by atoms with Crippen molar-refractivity contribution >= 4 is 17.1 Å². The molecule has 5 heteroatoms. The van der Waals surface area contributed by atoms with Crippen molar-refractivity contribution in [3.8, 4) is 11.8 Å². The van der Waals surface area contributed by atoms with E-state index in [1.807, 2.05) is 54.8 Å². The van der Waals surface area contributed by atoms with Gasteiger partial charge in [-0.2, -0.15) is 5.26 Å². The molecule has 0 saturated heterocycles. The molecule has 0 spiro atoms. The van der Waals surface area contributed by atoms with Gasteiger partial charge in [0.25, 0.3) is 0 Å². The smallest absolute Gasteiger partial charge is 0.123 e. The molecule has 0 aliphatic carbocycles. The molecule has 4 rings (SSSR count). The molecule has 0 unspecified atom stereocenters. The first-order chi connectivity index (χ1) is 13.6. The quantitative estimate of drug-likeness (QED) is 0.464. The van der Waals surface area contributed by atoms with Crippen molar-refractivity contribution in [2.45, 2.75) is 20.4 Å². The molecular formula is C23H19FN4. The lowest BCUT2D eigenvalue weighted by atomic mass is 10.1. The van der Waals surface area contributed by atoms with Gasteiger partial charge in [0.15, 0.2) is 0 Å². The molecule has 2 aromatic heterocycles. The summed E-state index contributed by atoms with van der Waals surface area (Å²) in [7, 11) is 0. The summed E-state index contributed by atoms with van der Waals surface area (Å²) in [6.45, 7) is 4.46. The van der Waals surface area contributed by atoms with Crippen molar-refractivity contribution in [3.05, 3.63) is 89.3 Å². The van der Waals surface area contributed by atoms with Crippen LogP contribution in [0.3, 0.4) is 0 Å². The van der Waals surface area contributed by atoms with E-state index in [1.165, 1.54) is 12.1 Å². The predicted molar refractivity (Wildman–Crippen MR) is 109 cm³/mol. The molecule has 0 aliphatic rings. The third kappa shape index (κ3) is 3.21. The minimum atomic E-state index is -0.259. The summed E-state index contributed by atoms with van der Waals surface area (Å²) in [5, 5.41) is 9.67. The molecular weight excluding hydrogens is 351 g/mol. The van der Waals surface area contributed by atoms with E-state index >= 15 is 0 Å². The highest BCUT2D eigenvalue weighted by Crippen LogP contribution is 2.24. The van der Waals surface area contributed by atoms with Gasteiger partial charge >= 0.3 is 0 Å². The Bertz CT molecular complexity index is 1220. The molecule has 4 aromatic rings. The van der Waals surface area contributed by atoms with Gasteiger partial charge in [-0.1, -0.05) is 12.1 Å². The molecule has 2 aromatic carbocycles. The van der Waals surface area contributed by atoms with Gasteiger partial charge in [-0.3, -0.25) is 0 Å². The van der Waals surface area contributed by atoms with Crippen LogP contribution in [0.4, 0.5) is 4.39 Å². The second kappa shape index (κ2) is 7.16. The number of benzene rings is 2. The molecule has 0 saturated carbocycles. The number of allylic oxidation sites excluding steroid dienone is 1. The van der Waals surface area contributed by atoms with Crippen molar-refractivity contribution in [2.75, 3.05) is 0 Å². The fraction of sp³-hybridized carbons (Fsp3) is 0.130. The van der Waals surface area contributed by atoms with E-state index in [2.05, 4.69) is 15.6 Å². The van der Waals surface area contributed by atoms with Crippen LogP contribution in [-0.2, 0) is 6.54 Å². The van der Waals surface area contributed by atoms with E-state index in [4.69, 9.17) is 0 Å². The average Bonchev–Trinajstić information content (AvgIpc) is 3.23. The predicted octanol–water partition coefficient (Wildman–Crippen LogP) is 5.19. The Morgan fingerprint density at radius 2 is 1.89 bits per heavy atom. The number of nitriles is 1. The molecule has 0 N–H and O–H groups in total. The number of hydrogen-bond acceptors (Lipinski definition) is 2. The Hall–Kier alpha value is -3.65. The number of halogens is 1. The zero-order valence-corrected chi connectivity index (χ0v) is 15.7. The normalized spacial score (nSPS) is 11.7. The number of aromatic nitrogens is 3. The van der Waals surface area contributed by atoms with Gasteiger partial charge in [0, 0.05) is 22.6 Å². The first kappa shape index (κ1) is 17.7. The molecule has 0 fully saturated rings. The SMILES string of the molecule is Cc1cc(/C=C(/C#N)Cn2cnc3ccccc32)c(C)n1-c1ccc(F)cc1. The first-order valence-corrected chi connectivity index (χ1v) is 9.02. The van der Waals surface area contributed by atoms with Crippen molar-refractivity contribution < 1.29 is 4.39 Å². The summed E-state index contributed by atoms with van der Waals surface area (Å²) >= 11 is 0. The fourth-order valence-electron chi connectivity index (χ4n) is 3.54. The van der Waals surface area contributed by atoms with E-state index in [1.54, 1.807) is 18.5 Å². The molecule has 2 heterocycles. The number of imidazole rings is 1. The number of hydrogen-bond donors (Lipinski definition) is 0. The van der Waals surface area contributed by atoms with Gasteiger partial charge in [0.05, 0.1) is 30.0 Å². The van der Waals surface area contributed by atoms with Crippen molar-refractivity contribution in [1.29, 1.82) is 5.26 Å². The van der Waals surface area contributed by atoms with E-state index in [0.717, 1.165) is 33.7 Å². The summed E-state index contributed by atoms with van der Waals surface area (Å²) in [4.78, 5) is 4.39. The number of nitrogens with zero attached hydrogens (tertiary/aromatic N) is 4. The molecule has 0 bridgehead atoms. The highest BCUT2D eigenvalue weighted by molar-refractivity contribution is 5.75. The maximum absolute atomic E-state index is 13.3. The molecule has 138 valence electrons. The van der Waals surface area contributed by atoms with Crippen LogP contribution in [0.2, 0.25) is 0 Å². The zero-order chi connectivity index (χ0) is 19.7. The van der Waals surface area contributed by atoms with E-state index in [0.29, 0.717) is 12.1 Å². The number of rotatable bonds is 4. The second-order valence-electron chi connectivity index (χ2n) is 6.78. The van der Waals surface area contributed by atoms with Crippen LogP contribution in [0.15, 0.2) is 66.5 Å². The van der Waals surface area contributed by atoms with Gasteiger partial charge in [0.1, 0.15) is 5.82 Å². The molecule has 4 nitrogen and oxygen atoms in total. The van der Waals surface area contributed by atoms with Crippen LogP contribution in [0, 0.1) is 31.0 Å². The zero-order valence-electron chi connectivity index (χ0n) is 15.7. The van der Waals surface area contributed by atoms with Gasteiger partial charge in [-0.25, -0.2) is 9.37 Å². The van der Waals surface area contributed by atoms with Crippen LogP contribution in [0.25, 0.3) is 22.8 Å². The Morgan fingerprint density at radius 3 is 2.64 bits per heavy atom. The summed E-state index contributed by atoms with van der Waals surface area (Å²) in [5.74, 6) is -0.259. The lowest BCUT2D eigenvalue weighted by molar-refractivity contribution is 0.627. The van der Waals surface area contributed by atoms with Crippen molar-refractivity contribution in [1.82, 2.24) is 14.1 Å². The number of fused-ring (bicyclic) bond motifs is 1. The Balaban J connectivity index is 1.70. The molecule has 0 aliphatic heterocycles. The highest BCUT2D eigenvalue weighted by atomic mass is 19.1. The Kier molecular flexibility index (Phi) is 4.54. The van der Waals surface area contributed by atoms with Gasteiger partial charge in [-0.15, -0.1) is 0 Å². The number of aryl methyl sites for hydroxylation is 1. The largest absolute Gasteiger partial charge is 0.325 e. The number of para-hydroxylation sites is 2. The fourth-order valence-corrected chi connectivity index (χ4v) is 3.54. The third-order valence-corrected chi connectivity index (χ3v) is 4.90. The van der Waals surface area contributed by atoms with E-state index in [-0.39, 0.29) is 5.82 Å². The van der Waals surface area contributed by atoms with Gasteiger partial charge in [0.2, 0.25) is 0 Å². The molecule has 0 radical (unpaired) electrons. The van der Waals surface area contributed by atoms with Gasteiger partial charge < -0.3 is 9.13 Å². The first-order valence-electron chi connectivity index (χ1n) is 9.02. The monoisotopic (exact) mass is 370 g/mol. The van der Waals surface area contributed by atoms with Crippen molar-refractivity contribution in [2.24, 2.45) is 0 Å². The summed E-state index contributed by atoms with van der Waals surface area (Å²) in [5.41, 5.74) is 6.46. The summed E-state index contributed by atoms with van der Waals surface area (Å²) < 4.78 is 17.3. The maximum atomic E-state index is 13.3. The van der Waals surface area contributed by atoms with Crippen LogP contribution >= 0.6 is 0 Å². The lowest BCUT2D eigenvalue weighted by Crippen LogP contribution is -2.00. The van der Waals surface area contributed by atoms with Crippen LogP contribution < -0.4 is 0 Å². The maximum Gasteiger partial charge on any atom is 0.123 e. The van der Waals surface area contributed by atoms with Crippen LogP contribution in [0.1, 0.15) is 17.0 Å². The van der Waals surface area contributed by atoms with Crippen molar-refractivity contribution in [3.63, 3.8) is 0 Å². The summed E-state index contributed by atoms with van der Waals surface area (Å²) in [6, 6.07) is 18.6. The minimum Gasteiger partial charge on any atom is -0.325 e. The Morgan fingerprint density at radius 1 is 1.14 bits per heavy atom. The minimum absolute atomic E-state index is 0.259. The molecule has 28 heavy (non-hydrogen) atoms. The second-order valence-corrected chi connectivity index (χ2v) is 6.78. The average molecular weight is 370 g/mol. The Labute approximate surface area is 162 Å². The van der Waals surface area contributed by atoms with Crippen LogP contribution in [0.5, 0.6) is 0 Å². The van der Waals surface area contributed by atoms with Crippen LogP contribution in [-0.4, -0.2) is 14.1 Å².